The number of rotatable bonds is 11. The average Bonchev–Trinajstić information content (AvgIpc) is 2.42. The van der Waals surface area contributed by atoms with Crippen LogP contribution in [0.5, 0.6) is 0 Å². The summed E-state index contributed by atoms with van der Waals surface area (Å²) in [6, 6.07) is 0. The van der Waals surface area contributed by atoms with E-state index in [9.17, 15) is 0 Å². The van der Waals surface area contributed by atoms with E-state index >= 15 is 0 Å². The highest BCUT2D eigenvalue weighted by molar-refractivity contribution is 14.0. The number of hydrogen-bond acceptors (Lipinski definition) is 3. The summed E-state index contributed by atoms with van der Waals surface area (Å²) in [6.45, 7) is 10.8. The fraction of sp³-hybridized carbons (Fsp3) is 0.938. The summed E-state index contributed by atoms with van der Waals surface area (Å²) in [5.41, 5.74) is 0.433. The Labute approximate surface area is 154 Å². The van der Waals surface area contributed by atoms with Crippen LogP contribution >= 0.6 is 24.0 Å². The standard InChI is InChI=1S/C16H35N3O2.HI/c1-16(2,3)9-6-7-10-18-15(17-4)19-11-8-12-21-14-13-20-5;/h6-14H2,1-5H3,(H2,17,18,19);1H. The Morgan fingerprint density at radius 3 is 2.14 bits per heavy atom. The number of halogens is 1. The van der Waals surface area contributed by atoms with Gasteiger partial charge in [-0.1, -0.05) is 27.2 Å². The molecule has 134 valence electrons. The second kappa shape index (κ2) is 15.8. The third kappa shape index (κ3) is 18.0. The summed E-state index contributed by atoms with van der Waals surface area (Å²) in [7, 11) is 3.49. The molecule has 0 heterocycles. The summed E-state index contributed by atoms with van der Waals surface area (Å²) in [5.74, 6) is 0.877. The van der Waals surface area contributed by atoms with E-state index < -0.39 is 0 Å². The zero-order valence-electron chi connectivity index (χ0n) is 15.0. The minimum absolute atomic E-state index is 0. The van der Waals surface area contributed by atoms with Gasteiger partial charge in [0.1, 0.15) is 0 Å². The zero-order valence-corrected chi connectivity index (χ0v) is 17.4. The van der Waals surface area contributed by atoms with Crippen LogP contribution in [0.25, 0.3) is 0 Å². The van der Waals surface area contributed by atoms with Gasteiger partial charge in [-0.2, -0.15) is 0 Å². The smallest absolute Gasteiger partial charge is 0.190 e. The van der Waals surface area contributed by atoms with Gasteiger partial charge in [0.15, 0.2) is 5.96 Å². The first-order valence-corrected chi connectivity index (χ1v) is 8.01. The zero-order chi connectivity index (χ0) is 16.0. The molecule has 0 aliphatic heterocycles. The summed E-state index contributed by atoms with van der Waals surface area (Å²) >= 11 is 0. The molecule has 0 aromatic carbocycles. The van der Waals surface area contributed by atoms with Crippen LogP contribution in [0, 0.1) is 5.41 Å². The second-order valence-corrected chi connectivity index (χ2v) is 6.40. The third-order valence-corrected chi connectivity index (χ3v) is 3.06. The molecule has 0 unspecified atom stereocenters. The van der Waals surface area contributed by atoms with E-state index in [0.29, 0.717) is 18.6 Å². The Hall–Kier alpha value is -0.0800. The Morgan fingerprint density at radius 2 is 1.59 bits per heavy atom. The van der Waals surface area contributed by atoms with Gasteiger partial charge in [0.25, 0.3) is 0 Å². The van der Waals surface area contributed by atoms with Gasteiger partial charge in [-0.15, -0.1) is 24.0 Å². The van der Waals surface area contributed by atoms with E-state index in [1.54, 1.807) is 14.2 Å². The van der Waals surface area contributed by atoms with Crippen LogP contribution in [-0.2, 0) is 9.47 Å². The number of nitrogens with one attached hydrogen (secondary N) is 2. The molecule has 0 atom stereocenters. The monoisotopic (exact) mass is 429 g/mol. The lowest BCUT2D eigenvalue weighted by Gasteiger charge is -2.18. The van der Waals surface area contributed by atoms with Gasteiger partial charge in [0, 0.05) is 33.9 Å². The maximum Gasteiger partial charge on any atom is 0.190 e. The predicted octanol–water partition coefficient (Wildman–Crippen LogP) is 3.04. The number of methoxy groups -OCH3 is 1. The molecule has 0 saturated carbocycles. The number of unbranched alkanes of at least 4 members (excludes halogenated alkanes) is 1. The van der Waals surface area contributed by atoms with Crippen LogP contribution in [0.4, 0.5) is 0 Å². The number of hydrogen-bond donors (Lipinski definition) is 2. The SMILES string of the molecule is CN=C(NCCCCC(C)(C)C)NCCCOCCOC.I. The third-order valence-electron chi connectivity index (χ3n) is 3.06. The van der Waals surface area contributed by atoms with Crippen molar-refractivity contribution in [2.24, 2.45) is 10.4 Å². The molecule has 0 bridgehead atoms. The summed E-state index contributed by atoms with van der Waals surface area (Å²) < 4.78 is 10.3. The molecule has 0 rings (SSSR count). The summed E-state index contributed by atoms with van der Waals surface area (Å²) in [5, 5.41) is 6.64. The van der Waals surface area contributed by atoms with E-state index in [1.165, 1.54) is 19.3 Å². The maximum absolute atomic E-state index is 5.41. The molecule has 0 aromatic rings. The molecule has 0 aromatic heterocycles. The first-order chi connectivity index (χ1) is 9.99. The molecule has 0 saturated heterocycles. The van der Waals surface area contributed by atoms with Gasteiger partial charge in [0.05, 0.1) is 13.2 Å². The minimum atomic E-state index is 0. The van der Waals surface area contributed by atoms with Crippen molar-refractivity contribution in [1.82, 2.24) is 10.6 Å². The van der Waals surface area contributed by atoms with E-state index in [4.69, 9.17) is 9.47 Å². The Bertz CT molecular complexity index is 269. The number of nitrogens with zero attached hydrogens (tertiary/aromatic N) is 1. The average molecular weight is 429 g/mol. The Balaban J connectivity index is 0. The first-order valence-electron chi connectivity index (χ1n) is 8.01. The number of guanidine groups is 1. The molecule has 22 heavy (non-hydrogen) atoms. The van der Waals surface area contributed by atoms with Crippen molar-refractivity contribution in [3.8, 4) is 0 Å². The molecule has 0 aliphatic carbocycles. The van der Waals surface area contributed by atoms with Crippen LogP contribution < -0.4 is 10.6 Å². The molecule has 0 radical (unpaired) electrons. The summed E-state index contributed by atoms with van der Waals surface area (Å²) in [6.07, 6.45) is 4.66. The van der Waals surface area contributed by atoms with E-state index in [1.807, 2.05) is 0 Å². The molecular weight excluding hydrogens is 393 g/mol. The van der Waals surface area contributed by atoms with Crippen LogP contribution in [0.2, 0.25) is 0 Å². The van der Waals surface area contributed by atoms with Crippen molar-refractivity contribution >= 4 is 29.9 Å². The van der Waals surface area contributed by atoms with Crippen molar-refractivity contribution in [3.63, 3.8) is 0 Å². The minimum Gasteiger partial charge on any atom is -0.382 e. The van der Waals surface area contributed by atoms with Crippen LogP contribution in [0.15, 0.2) is 4.99 Å². The lowest BCUT2D eigenvalue weighted by atomic mass is 9.90. The predicted molar refractivity (Wildman–Crippen MR) is 105 cm³/mol. The Kier molecular flexibility index (Phi) is 17.4. The van der Waals surface area contributed by atoms with Crippen molar-refractivity contribution in [1.29, 1.82) is 0 Å². The Morgan fingerprint density at radius 1 is 0.955 bits per heavy atom. The van der Waals surface area contributed by atoms with Gasteiger partial charge in [-0.25, -0.2) is 0 Å². The normalized spacial score (nSPS) is 12.0. The highest BCUT2D eigenvalue weighted by Crippen LogP contribution is 2.20. The first kappa shape index (κ1) is 24.2. The summed E-state index contributed by atoms with van der Waals surface area (Å²) in [4.78, 5) is 4.22. The molecule has 2 N–H and O–H groups in total. The number of aliphatic imine (C=N–C) groups is 1. The molecule has 5 nitrogen and oxygen atoms in total. The van der Waals surface area contributed by atoms with E-state index in [0.717, 1.165) is 32.1 Å². The molecule has 0 fully saturated rings. The van der Waals surface area contributed by atoms with E-state index in [2.05, 4.69) is 36.4 Å². The van der Waals surface area contributed by atoms with Crippen molar-refractivity contribution in [2.75, 3.05) is 47.1 Å². The highest BCUT2D eigenvalue weighted by Gasteiger charge is 2.08. The van der Waals surface area contributed by atoms with Crippen molar-refractivity contribution < 1.29 is 9.47 Å². The topological polar surface area (TPSA) is 54.9 Å². The van der Waals surface area contributed by atoms with Crippen LogP contribution in [0.1, 0.15) is 46.5 Å². The van der Waals surface area contributed by atoms with Crippen LogP contribution in [-0.4, -0.2) is 53.0 Å². The molecule has 6 heteroatoms. The van der Waals surface area contributed by atoms with Gasteiger partial charge in [-0.3, -0.25) is 4.99 Å². The van der Waals surface area contributed by atoms with Gasteiger partial charge >= 0.3 is 0 Å². The van der Waals surface area contributed by atoms with Crippen LogP contribution in [0.3, 0.4) is 0 Å². The highest BCUT2D eigenvalue weighted by atomic mass is 127. The van der Waals surface area contributed by atoms with Crippen molar-refractivity contribution in [2.45, 2.75) is 46.5 Å². The second-order valence-electron chi connectivity index (χ2n) is 6.40. The largest absolute Gasteiger partial charge is 0.382 e. The molecule has 0 aliphatic rings. The fourth-order valence-electron chi connectivity index (χ4n) is 1.83. The quantitative estimate of drug-likeness (QED) is 0.230. The lowest BCUT2D eigenvalue weighted by Crippen LogP contribution is -2.38. The van der Waals surface area contributed by atoms with Crippen molar-refractivity contribution in [3.05, 3.63) is 0 Å². The lowest BCUT2D eigenvalue weighted by molar-refractivity contribution is 0.0698. The fourth-order valence-corrected chi connectivity index (χ4v) is 1.83. The van der Waals surface area contributed by atoms with Gasteiger partial charge < -0.3 is 20.1 Å². The molecule has 0 spiro atoms. The molecular formula is C16H36IN3O2. The van der Waals surface area contributed by atoms with Gasteiger partial charge in [-0.05, 0) is 24.7 Å². The number of ether oxygens (including phenoxy) is 2. The molecule has 0 amide bonds. The van der Waals surface area contributed by atoms with Gasteiger partial charge in [0.2, 0.25) is 0 Å². The maximum atomic E-state index is 5.41. The van der Waals surface area contributed by atoms with E-state index in [-0.39, 0.29) is 24.0 Å².